The standard InChI is InChI=1S/C20H20N2O3S/c23-26(24,22-17-13-7-8-14-17)20-18(15-9-3-1-4-10-15)25-19(21-20)16-11-5-2-6-12-16/h1-6,9-12,17,22H,7-8,13-14H2. The van der Waals surface area contributed by atoms with Crippen LogP contribution >= 0.6 is 0 Å². The van der Waals surface area contributed by atoms with Crippen molar-refractivity contribution in [2.24, 2.45) is 0 Å². The highest BCUT2D eigenvalue weighted by Crippen LogP contribution is 2.33. The third-order valence-electron chi connectivity index (χ3n) is 4.58. The Bertz CT molecular complexity index is 976. The van der Waals surface area contributed by atoms with E-state index >= 15 is 0 Å². The summed E-state index contributed by atoms with van der Waals surface area (Å²) in [6, 6.07) is 18.5. The predicted octanol–water partition coefficient (Wildman–Crippen LogP) is 4.23. The molecule has 2 aromatic carbocycles. The summed E-state index contributed by atoms with van der Waals surface area (Å²) in [5.41, 5.74) is 1.43. The number of oxazole rings is 1. The smallest absolute Gasteiger partial charge is 0.262 e. The molecule has 1 aliphatic carbocycles. The highest BCUT2D eigenvalue weighted by atomic mass is 32.2. The van der Waals surface area contributed by atoms with Gasteiger partial charge in [0.1, 0.15) is 0 Å². The molecule has 0 bridgehead atoms. The summed E-state index contributed by atoms with van der Waals surface area (Å²) in [6.45, 7) is 0. The number of rotatable bonds is 5. The van der Waals surface area contributed by atoms with Gasteiger partial charge in [0.15, 0.2) is 5.76 Å². The summed E-state index contributed by atoms with van der Waals surface area (Å²) in [6.07, 6.45) is 3.83. The molecule has 1 aliphatic rings. The summed E-state index contributed by atoms with van der Waals surface area (Å²) in [5, 5.41) is -0.0468. The van der Waals surface area contributed by atoms with Gasteiger partial charge in [-0.1, -0.05) is 61.4 Å². The van der Waals surface area contributed by atoms with Crippen LogP contribution in [0.3, 0.4) is 0 Å². The third-order valence-corrected chi connectivity index (χ3v) is 6.01. The van der Waals surface area contributed by atoms with Crippen LogP contribution in [-0.2, 0) is 10.0 Å². The lowest BCUT2D eigenvalue weighted by Gasteiger charge is -2.11. The molecule has 1 N–H and O–H groups in total. The largest absolute Gasteiger partial charge is 0.435 e. The Hall–Kier alpha value is -2.44. The first-order valence-electron chi connectivity index (χ1n) is 8.77. The van der Waals surface area contributed by atoms with Gasteiger partial charge in [0, 0.05) is 17.2 Å². The maximum Gasteiger partial charge on any atom is 0.262 e. The molecule has 0 aliphatic heterocycles. The van der Waals surface area contributed by atoms with E-state index in [0.717, 1.165) is 31.2 Å². The van der Waals surface area contributed by atoms with Crippen LogP contribution in [0.2, 0.25) is 0 Å². The zero-order valence-electron chi connectivity index (χ0n) is 14.3. The van der Waals surface area contributed by atoms with Gasteiger partial charge >= 0.3 is 0 Å². The van der Waals surface area contributed by atoms with Crippen LogP contribution in [0.15, 0.2) is 70.1 Å². The van der Waals surface area contributed by atoms with E-state index in [-0.39, 0.29) is 16.8 Å². The number of nitrogens with one attached hydrogen (secondary N) is 1. The van der Waals surface area contributed by atoms with Crippen molar-refractivity contribution in [2.45, 2.75) is 36.8 Å². The molecule has 26 heavy (non-hydrogen) atoms. The molecule has 1 saturated carbocycles. The molecule has 0 unspecified atom stereocenters. The summed E-state index contributed by atoms with van der Waals surface area (Å²) in [5.74, 6) is 0.575. The van der Waals surface area contributed by atoms with Crippen LogP contribution in [-0.4, -0.2) is 19.4 Å². The van der Waals surface area contributed by atoms with Crippen molar-refractivity contribution in [1.82, 2.24) is 9.71 Å². The minimum absolute atomic E-state index is 0.0273. The van der Waals surface area contributed by atoms with Gasteiger partial charge in [0.2, 0.25) is 10.9 Å². The first-order valence-corrected chi connectivity index (χ1v) is 10.3. The van der Waals surface area contributed by atoms with Gasteiger partial charge in [-0.25, -0.2) is 13.1 Å². The molecule has 134 valence electrons. The average Bonchev–Trinajstić information content (AvgIpc) is 3.33. The van der Waals surface area contributed by atoms with E-state index in [9.17, 15) is 8.42 Å². The zero-order valence-corrected chi connectivity index (χ0v) is 15.1. The molecule has 5 nitrogen and oxygen atoms in total. The molecule has 6 heteroatoms. The van der Waals surface area contributed by atoms with Gasteiger partial charge < -0.3 is 4.42 Å². The monoisotopic (exact) mass is 368 g/mol. The van der Waals surface area contributed by atoms with E-state index in [4.69, 9.17) is 4.42 Å². The number of nitrogens with zero attached hydrogens (tertiary/aromatic N) is 1. The lowest BCUT2D eigenvalue weighted by atomic mass is 10.2. The number of hydrogen-bond donors (Lipinski definition) is 1. The van der Waals surface area contributed by atoms with Crippen molar-refractivity contribution in [3.05, 3.63) is 60.7 Å². The molecule has 0 spiro atoms. The van der Waals surface area contributed by atoms with E-state index in [2.05, 4.69) is 9.71 Å². The van der Waals surface area contributed by atoms with Gasteiger partial charge in [-0.3, -0.25) is 0 Å². The second-order valence-electron chi connectivity index (χ2n) is 6.49. The van der Waals surface area contributed by atoms with Crippen LogP contribution in [0, 0.1) is 0 Å². The molecule has 0 atom stereocenters. The van der Waals surface area contributed by atoms with E-state index < -0.39 is 10.0 Å². The van der Waals surface area contributed by atoms with Gasteiger partial charge in [0.25, 0.3) is 10.0 Å². The Morgan fingerprint density at radius 3 is 2.08 bits per heavy atom. The Morgan fingerprint density at radius 2 is 1.46 bits per heavy atom. The van der Waals surface area contributed by atoms with Crippen molar-refractivity contribution in [1.29, 1.82) is 0 Å². The molecule has 1 heterocycles. The summed E-state index contributed by atoms with van der Waals surface area (Å²) in [4.78, 5) is 4.35. The molecule has 0 amide bonds. The summed E-state index contributed by atoms with van der Waals surface area (Å²) in [7, 11) is -3.76. The number of hydrogen-bond acceptors (Lipinski definition) is 4. The Kier molecular flexibility index (Phi) is 4.61. The summed E-state index contributed by atoms with van der Waals surface area (Å²) < 4.78 is 34.7. The number of aromatic nitrogens is 1. The molecule has 3 aromatic rings. The molecule has 1 fully saturated rings. The molecule has 1 aromatic heterocycles. The molecular formula is C20H20N2O3S. The topological polar surface area (TPSA) is 72.2 Å². The minimum Gasteiger partial charge on any atom is -0.435 e. The zero-order chi connectivity index (χ0) is 18.0. The molecule has 0 saturated heterocycles. The van der Waals surface area contributed by atoms with E-state index in [1.54, 1.807) is 0 Å². The van der Waals surface area contributed by atoms with Crippen molar-refractivity contribution in [3.8, 4) is 22.8 Å². The fourth-order valence-electron chi connectivity index (χ4n) is 3.28. The summed E-state index contributed by atoms with van der Waals surface area (Å²) >= 11 is 0. The molecule has 0 radical (unpaired) electrons. The van der Waals surface area contributed by atoms with Crippen LogP contribution in [0.1, 0.15) is 25.7 Å². The van der Waals surface area contributed by atoms with Crippen molar-refractivity contribution >= 4 is 10.0 Å². The van der Waals surface area contributed by atoms with Gasteiger partial charge in [0.05, 0.1) is 0 Å². The number of sulfonamides is 1. The quantitative estimate of drug-likeness (QED) is 0.731. The van der Waals surface area contributed by atoms with Crippen LogP contribution in [0.25, 0.3) is 22.8 Å². The number of benzene rings is 2. The first kappa shape index (κ1) is 17.0. The maximum absolute atomic E-state index is 13.0. The lowest BCUT2D eigenvalue weighted by Crippen LogP contribution is -2.33. The Balaban J connectivity index is 1.80. The van der Waals surface area contributed by atoms with Crippen molar-refractivity contribution in [2.75, 3.05) is 0 Å². The SMILES string of the molecule is O=S(=O)(NC1CCCC1)c1nc(-c2ccccc2)oc1-c1ccccc1. The molecule has 4 rings (SSSR count). The second-order valence-corrected chi connectivity index (χ2v) is 8.12. The Morgan fingerprint density at radius 1 is 0.885 bits per heavy atom. The van der Waals surface area contributed by atoms with E-state index in [1.807, 2.05) is 60.7 Å². The van der Waals surface area contributed by atoms with Gasteiger partial charge in [-0.15, -0.1) is 0 Å². The van der Waals surface area contributed by atoms with E-state index in [1.165, 1.54) is 0 Å². The average molecular weight is 368 g/mol. The minimum atomic E-state index is -3.76. The lowest BCUT2D eigenvalue weighted by molar-refractivity contribution is 0.547. The second kappa shape index (κ2) is 7.05. The highest BCUT2D eigenvalue weighted by Gasteiger charge is 2.30. The predicted molar refractivity (Wildman–Crippen MR) is 100.0 cm³/mol. The maximum atomic E-state index is 13.0. The third kappa shape index (κ3) is 3.43. The van der Waals surface area contributed by atoms with Crippen LogP contribution < -0.4 is 4.72 Å². The van der Waals surface area contributed by atoms with Crippen LogP contribution in [0.5, 0.6) is 0 Å². The fraction of sp³-hybridized carbons (Fsp3) is 0.250. The molecular weight excluding hydrogens is 348 g/mol. The van der Waals surface area contributed by atoms with Crippen molar-refractivity contribution < 1.29 is 12.8 Å². The van der Waals surface area contributed by atoms with Crippen molar-refractivity contribution in [3.63, 3.8) is 0 Å². The van der Waals surface area contributed by atoms with Gasteiger partial charge in [-0.05, 0) is 25.0 Å². The van der Waals surface area contributed by atoms with Gasteiger partial charge in [-0.2, -0.15) is 4.98 Å². The van der Waals surface area contributed by atoms with Crippen LogP contribution in [0.4, 0.5) is 0 Å². The highest BCUT2D eigenvalue weighted by molar-refractivity contribution is 7.89. The Labute approximate surface area is 153 Å². The first-order chi connectivity index (χ1) is 12.6. The normalized spacial score (nSPS) is 15.4. The fourth-order valence-corrected chi connectivity index (χ4v) is 4.68. The van der Waals surface area contributed by atoms with E-state index in [0.29, 0.717) is 11.5 Å².